The molecule has 5 rings (SSSR count). The number of amides is 1. The molecule has 1 saturated carbocycles. The molecule has 3 saturated heterocycles. The van der Waals surface area contributed by atoms with Gasteiger partial charge < -0.3 is 9.64 Å². The van der Waals surface area contributed by atoms with Crippen LogP contribution in [0, 0.1) is 11.8 Å². The number of ether oxygens (including phenoxy) is 1. The largest absolute Gasteiger partial charge is 0.353 e. The minimum Gasteiger partial charge on any atom is -0.353 e. The summed E-state index contributed by atoms with van der Waals surface area (Å²) in [4.78, 5) is 16.0. The molecule has 0 radical (unpaired) electrons. The molecule has 0 N–H and O–H groups in total. The summed E-state index contributed by atoms with van der Waals surface area (Å²) in [6, 6.07) is 10.6. The van der Waals surface area contributed by atoms with Crippen molar-refractivity contribution in [3.8, 4) is 0 Å². The highest BCUT2D eigenvalue weighted by atomic mass is 32.2. The van der Waals surface area contributed by atoms with E-state index in [0.29, 0.717) is 18.4 Å². The molecule has 4 fully saturated rings. The lowest BCUT2D eigenvalue weighted by Crippen LogP contribution is -2.55. The Morgan fingerprint density at radius 3 is 2.61 bits per heavy atom. The predicted octanol–water partition coefficient (Wildman–Crippen LogP) is 5.47. The topological polar surface area (TPSA) is 29.5 Å². The molecule has 1 aromatic carbocycles. The number of hydrogen-bond donors (Lipinski definition) is 0. The lowest BCUT2D eigenvalue weighted by molar-refractivity contribution is -0.142. The van der Waals surface area contributed by atoms with Crippen LogP contribution in [0.1, 0.15) is 63.5 Å². The molecule has 4 atom stereocenters. The fraction of sp³-hybridized carbons (Fsp3) is 0.696. The minimum absolute atomic E-state index is 0.0865. The summed E-state index contributed by atoms with van der Waals surface area (Å²) in [5.41, 5.74) is 0.884. The van der Waals surface area contributed by atoms with Gasteiger partial charge in [-0.15, -0.1) is 23.5 Å². The van der Waals surface area contributed by atoms with Gasteiger partial charge in [-0.2, -0.15) is 0 Å². The van der Waals surface area contributed by atoms with Crippen molar-refractivity contribution in [3.05, 3.63) is 35.9 Å². The highest BCUT2D eigenvalue weighted by molar-refractivity contribution is 8.21. The van der Waals surface area contributed by atoms with E-state index in [1.54, 1.807) is 0 Å². The number of fused-ring (bicyclic) bond motifs is 4. The normalized spacial score (nSPS) is 35.2. The first-order valence-corrected chi connectivity index (χ1v) is 13.0. The predicted molar refractivity (Wildman–Crippen MR) is 117 cm³/mol. The summed E-state index contributed by atoms with van der Waals surface area (Å²) in [7, 11) is 0. The molecule has 3 heterocycles. The van der Waals surface area contributed by atoms with Gasteiger partial charge in [0.15, 0.2) is 0 Å². The van der Waals surface area contributed by atoms with Crippen molar-refractivity contribution < 1.29 is 9.53 Å². The highest BCUT2D eigenvalue weighted by Gasteiger charge is 2.75. The molecule has 0 unspecified atom stereocenters. The number of carbonyl (C=O) groups is 1. The van der Waals surface area contributed by atoms with Crippen LogP contribution in [0.25, 0.3) is 0 Å². The summed E-state index contributed by atoms with van der Waals surface area (Å²) in [6.07, 6.45) is 8.46. The van der Waals surface area contributed by atoms with Crippen molar-refractivity contribution in [1.82, 2.24) is 4.90 Å². The van der Waals surface area contributed by atoms with E-state index in [1.807, 2.05) is 23.5 Å². The third kappa shape index (κ3) is 2.79. The molecule has 3 nitrogen and oxygen atoms in total. The molecule has 1 aromatic rings. The average Bonchev–Trinajstić information content (AvgIpc) is 3.37. The van der Waals surface area contributed by atoms with E-state index in [0.717, 1.165) is 12.8 Å². The molecule has 0 aromatic heterocycles. The number of unbranched alkanes of at least 4 members (excludes halogenated alkanes) is 4. The van der Waals surface area contributed by atoms with Crippen molar-refractivity contribution in [2.75, 3.05) is 18.1 Å². The first-order valence-electron chi connectivity index (χ1n) is 11.0. The summed E-state index contributed by atoms with van der Waals surface area (Å²) < 4.78 is 6.78. The first kappa shape index (κ1) is 19.3. The summed E-state index contributed by atoms with van der Waals surface area (Å²) in [5.74, 6) is 3.30. The number of thioether (sulfide) groups is 2. The maximum atomic E-state index is 13.8. The lowest BCUT2D eigenvalue weighted by atomic mass is 9.68. The Labute approximate surface area is 177 Å². The van der Waals surface area contributed by atoms with E-state index >= 15 is 0 Å². The van der Waals surface area contributed by atoms with Gasteiger partial charge in [0.05, 0.1) is 22.6 Å². The molecule has 1 amide bonds. The summed E-state index contributed by atoms with van der Waals surface area (Å²) >= 11 is 4.08. The Morgan fingerprint density at radius 1 is 1.11 bits per heavy atom. The van der Waals surface area contributed by atoms with Crippen molar-refractivity contribution in [2.45, 2.75) is 67.7 Å². The van der Waals surface area contributed by atoms with E-state index in [-0.39, 0.29) is 21.8 Å². The molecular weight excluding hydrogens is 386 g/mol. The van der Waals surface area contributed by atoms with Gasteiger partial charge in [-0.3, -0.25) is 4.79 Å². The van der Waals surface area contributed by atoms with Gasteiger partial charge in [-0.25, -0.2) is 0 Å². The molecule has 4 aliphatic rings. The van der Waals surface area contributed by atoms with Gasteiger partial charge in [0.25, 0.3) is 0 Å². The molecule has 0 bridgehead atoms. The minimum atomic E-state index is -0.344. The van der Waals surface area contributed by atoms with Gasteiger partial charge >= 0.3 is 0 Å². The second-order valence-electron chi connectivity index (χ2n) is 8.75. The van der Waals surface area contributed by atoms with Crippen LogP contribution in [0.15, 0.2) is 30.3 Å². The summed E-state index contributed by atoms with van der Waals surface area (Å²) in [6.45, 7) is 2.91. The maximum absolute atomic E-state index is 13.8. The van der Waals surface area contributed by atoms with Crippen LogP contribution in [-0.4, -0.2) is 38.7 Å². The molecular formula is C23H31NO2S2. The average molecular weight is 418 g/mol. The Bertz CT molecular complexity index is 721. The van der Waals surface area contributed by atoms with Crippen LogP contribution < -0.4 is 0 Å². The number of carbonyl (C=O) groups excluding carboxylic acids is 1. The van der Waals surface area contributed by atoms with Gasteiger partial charge in [0.2, 0.25) is 5.91 Å². The van der Waals surface area contributed by atoms with Gasteiger partial charge in [0, 0.05) is 17.4 Å². The molecule has 1 aliphatic carbocycles. The smallest absolute Gasteiger partial charge is 0.231 e. The van der Waals surface area contributed by atoms with Crippen LogP contribution in [-0.2, 0) is 9.53 Å². The van der Waals surface area contributed by atoms with Gasteiger partial charge in [-0.05, 0) is 24.8 Å². The van der Waals surface area contributed by atoms with Crippen LogP contribution in [0.5, 0.6) is 0 Å². The van der Waals surface area contributed by atoms with E-state index in [9.17, 15) is 4.79 Å². The van der Waals surface area contributed by atoms with E-state index in [2.05, 4.69) is 42.2 Å². The standard InChI is InChI=1S/C23H31NO2S2/c1-2-3-4-5-9-12-22-18-15-23(27-13-14-28-23)20(18)21(25)24(22)19(16-26-22)17-10-7-6-8-11-17/h6-8,10-11,18-20H,2-5,9,12-16H2,1H3/t18-,19-,20+,22-/m1/s1. The first-order chi connectivity index (χ1) is 13.7. The van der Waals surface area contributed by atoms with E-state index in [1.165, 1.54) is 49.2 Å². The summed E-state index contributed by atoms with van der Waals surface area (Å²) in [5, 5.41) is 0. The number of benzene rings is 1. The van der Waals surface area contributed by atoms with Crippen molar-refractivity contribution in [1.29, 1.82) is 0 Å². The van der Waals surface area contributed by atoms with Crippen molar-refractivity contribution in [3.63, 3.8) is 0 Å². The molecule has 5 heteroatoms. The Balaban J connectivity index is 1.42. The van der Waals surface area contributed by atoms with Crippen LogP contribution in [0.3, 0.4) is 0 Å². The zero-order valence-corrected chi connectivity index (χ0v) is 18.4. The zero-order chi connectivity index (χ0) is 19.2. The number of nitrogens with zero attached hydrogens (tertiary/aromatic N) is 1. The highest BCUT2D eigenvalue weighted by Crippen LogP contribution is 2.71. The zero-order valence-electron chi connectivity index (χ0n) is 16.8. The lowest BCUT2D eigenvalue weighted by Gasteiger charge is -2.51. The number of rotatable bonds is 7. The molecule has 152 valence electrons. The SMILES string of the molecule is CCCCCCC[C@]12OC[C@H](c3ccccc3)N1C(=O)[C@@H]1[C@H]2CC12SCCS2. The molecule has 28 heavy (non-hydrogen) atoms. The number of hydrogen-bond acceptors (Lipinski definition) is 4. The maximum Gasteiger partial charge on any atom is 0.231 e. The van der Waals surface area contributed by atoms with Crippen LogP contribution in [0.2, 0.25) is 0 Å². The Kier molecular flexibility index (Phi) is 5.21. The second-order valence-corrected chi connectivity index (χ2v) is 11.9. The molecule has 3 aliphatic heterocycles. The second kappa shape index (κ2) is 7.55. The van der Waals surface area contributed by atoms with E-state index in [4.69, 9.17) is 4.74 Å². The van der Waals surface area contributed by atoms with Crippen molar-refractivity contribution >= 4 is 29.4 Å². The molecule has 1 spiro atoms. The van der Waals surface area contributed by atoms with Crippen molar-refractivity contribution in [2.24, 2.45) is 11.8 Å². The third-order valence-corrected chi connectivity index (χ3v) is 10.9. The van der Waals surface area contributed by atoms with E-state index < -0.39 is 0 Å². The Hall–Kier alpha value is -0.650. The van der Waals surface area contributed by atoms with Gasteiger partial charge in [-0.1, -0.05) is 62.9 Å². The van der Waals surface area contributed by atoms with Gasteiger partial charge in [0.1, 0.15) is 5.72 Å². The quantitative estimate of drug-likeness (QED) is 0.550. The van der Waals surface area contributed by atoms with Crippen LogP contribution >= 0.6 is 23.5 Å². The van der Waals surface area contributed by atoms with Crippen LogP contribution in [0.4, 0.5) is 0 Å². The monoisotopic (exact) mass is 417 g/mol. The Morgan fingerprint density at radius 2 is 1.86 bits per heavy atom. The fourth-order valence-corrected chi connectivity index (χ4v) is 9.61. The third-order valence-electron chi connectivity index (χ3n) is 7.27. The fourth-order valence-electron chi connectivity index (χ4n) is 5.93.